The molecule has 2 atom stereocenters. The van der Waals surface area contributed by atoms with E-state index in [-0.39, 0.29) is 18.6 Å². The number of aromatic nitrogens is 3. The van der Waals surface area contributed by atoms with E-state index < -0.39 is 5.79 Å². The van der Waals surface area contributed by atoms with Crippen LogP contribution in [0.4, 0.5) is 5.69 Å². The van der Waals surface area contributed by atoms with Crippen molar-refractivity contribution in [3.05, 3.63) is 107 Å². The number of hydrogen-bond acceptors (Lipinski definition) is 7. The van der Waals surface area contributed by atoms with Gasteiger partial charge in [0, 0.05) is 48.0 Å². The molecule has 212 valence electrons. The van der Waals surface area contributed by atoms with Crippen LogP contribution >= 0.6 is 23.2 Å². The van der Waals surface area contributed by atoms with Gasteiger partial charge in [0.05, 0.1) is 11.6 Å². The maximum atomic E-state index is 12.8. The third-order valence-corrected chi connectivity index (χ3v) is 7.81. The number of amides is 1. The third kappa shape index (κ3) is 6.18. The number of piperazine rings is 1. The summed E-state index contributed by atoms with van der Waals surface area (Å²) in [7, 11) is 0. The summed E-state index contributed by atoms with van der Waals surface area (Å²) in [5.74, 6) is -0.346. The van der Waals surface area contributed by atoms with Gasteiger partial charge in [0.1, 0.15) is 37.7 Å². The Kier molecular flexibility index (Phi) is 8.11. The van der Waals surface area contributed by atoms with Crippen LogP contribution in [0, 0.1) is 0 Å². The second kappa shape index (κ2) is 12.1. The van der Waals surface area contributed by atoms with Crippen LogP contribution in [0.15, 0.2) is 85.5 Å². The second-order valence-corrected chi connectivity index (χ2v) is 10.8. The van der Waals surface area contributed by atoms with Crippen LogP contribution < -0.4 is 9.64 Å². The molecule has 41 heavy (non-hydrogen) atoms. The fourth-order valence-corrected chi connectivity index (χ4v) is 5.71. The van der Waals surface area contributed by atoms with Crippen molar-refractivity contribution < 1.29 is 19.0 Å². The van der Waals surface area contributed by atoms with Gasteiger partial charge in [-0.1, -0.05) is 47.5 Å². The van der Waals surface area contributed by atoms with Gasteiger partial charge < -0.3 is 24.0 Å². The van der Waals surface area contributed by atoms with Crippen molar-refractivity contribution in [2.24, 2.45) is 0 Å². The fourth-order valence-electron chi connectivity index (χ4n) is 5.16. The average Bonchev–Trinajstić information content (AvgIpc) is 3.67. The Morgan fingerprint density at radius 3 is 2.49 bits per heavy atom. The minimum absolute atomic E-state index is 0.0794. The molecule has 0 bridgehead atoms. The molecule has 11 heteroatoms. The lowest BCUT2D eigenvalue weighted by Gasteiger charge is -2.36. The molecule has 0 unspecified atom stereocenters. The lowest BCUT2D eigenvalue weighted by molar-refractivity contribution is -0.190. The van der Waals surface area contributed by atoms with E-state index in [1.807, 2.05) is 59.5 Å². The first kappa shape index (κ1) is 27.5. The maximum Gasteiger partial charge on any atom is 0.253 e. The number of anilines is 1. The Labute approximate surface area is 248 Å². The molecule has 6 rings (SSSR count). The summed E-state index contributed by atoms with van der Waals surface area (Å²) in [6, 6.07) is 22.6. The topological polar surface area (TPSA) is 82.0 Å². The number of nitrogens with zero attached hydrogens (tertiary/aromatic N) is 5. The predicted octanol–water partition coefficient (Wildman–Crippen LogP) is 4.89. The van der Waals surface area contributed by atoms with Crippen LogP contribution in [0.5, 0.6) is 5.75 Å². The standard InChI is InChI=1S/C30H29Cl2N5O4/c31-23-6-11-27(28(32)16-23)30(19-37-21-33-20-34-37)40-18-26(41-30)17-39-25-9-7-24(8-10-25)35-12-14-36(15-13-35)29(38)22-4-2-1-3-5-22/h1-11,16,20-21,26H,12-15,17-19H2/t26-,30-/m1/s1. The van der Waals surface area contributed by atoms with E-state index in [4.69, 9.17) is 37.4 Å². The van der Waals surface area contributed by atoms with Crippen LogP contribution in [0.1, 0.15) is 15.9 Å². The number of carbonyl (C=O) groups excluding carboxylic acids is 1. The summed E-state index contributed by atoms with van der Waals surface area (Å²) < 4.78 is 20.4. The van der Waals surface area contributed by atoms with Gasteiger partial charge >= 0.3 is 0 Å². The Morgan fingerprint density at radius 1 is 1.00 bits per heavy atom. The van der Waals surface area contributed by atoms with E-state index in [0.29, 0.717) is 41.9 Å². The molecular weight excluding hydrogens is 565 g/mol. The highest BCUT2D eigenvalue weighted by Gasteiger charge is 2.45. The maximum absolute atomic E-state index is 12.8. The molecule has 2 aliphatic rings. The number of halogens is 2. The molecular formula is C30H29Cl2N5O4. The van der Waals surface area contributed by atoms with Crippen LogP contribution in [-0.4, -0.2) is 71.1 Å². The van der Waals surface area contributed by atoms with E-state index in [1.54, 1.807) is 29.2 Å². The smallest absolute Gasteiger partial charge is 0.253 e. The molecule has 9 nitrogen and oxygen atoms in total. The number of carbonyl (C=O) groups is 1. The van der Waals surface area contributed by atoms with Crippen molar-refractivity contribution in [1.82, 2.24) is 19.7 Å². The first-order chi connectivity index (χ1) is 20.0. The Bertz CT molecular complexity index is 1460. The van der Waals surface area contributed by atoms with Crippen molar-refractivity contribution in [1.29, 1.82) is 0 Å². The number of ether oxygens (including phenoxy) is 3. The summed E-state index contributed by atoms with van der Waals surface area (Å²) in [6.07, 6.45) is 2.73. The monoisotopic (exact) mass is 593 g/mol. The van der Waals surface area contributed by atoms with Gasteiger partial charge in [-0.15, -0.1) is 0 Å². The van der Waals surface area contributed by atoms with Crippen molar-refractivity contribution in [3.63, 3.8) is 0 Å². The highest BCUT2D eigenvalue weighted by atomic mass is 35.5. The summed E-state index contributed by atoms with van der Waals surface area (Å²) in [4.78, 5) is 21.0. The van der Waals surface area contributed by atoms with E-state index in [2.05, 4.69) is 15.0 Å². The molecule has 1 aromatic heterocycles. The van der Waals surface area contributed by atoms with E-state index in [1.165, 1.54) is 6.33 Å². The molecule has 2 fully saturated rings. The zero-order valence-corrected chi connectivity index (χ0v) is 23.7. The highest BCUT2D eigenvalue weighted by molar-refractivity contribution is 6.35. The summed E-state index contributed by atoms with van der Waals surface area (Å²) in [5.41, 5.74) is 2.48. The van der Waals surface area contributed by atoms with Gasteiger partial charge in [-0.3, -0.25) is 4.79 Å². The van der Waals surface area contributed by atoms with Gasteiger partial charge in [0.2, 0.25) is 5.79 Å². The van der Waals surface area contributed by atoms with Crippen molar-refractivity contribution in [2.45, 2.75) is 18.4 Å². The third-order valence-electron chi connectivity index (χ3n) is 7.26. The van der Waals surface area contributed by atoms with Gasteiger partial charge in [-0.2, -0.15) is 5.10 Å². The molecule has 0 N–H and O–H groups in total. The molecule has 0 saturated carbocycles. The minimum atomic E-state index is -1.16. The first-order valence-electron chi connectivity index (χ1n) is 13.4. The zero-order chi connectivity index (χ0) is 28.2. The van der Waals surface area contributed by atoms with Crippen LogP contribution in [0.25, 0.3) is 0 Å². The molecule has 0 radical (unpaired) electrons. The van der Waals surface area contributed by atoms with Crippen LogP contribution in [0.2, 0.25) is 10.0 Å². The van der Waals surface area contributed by atoms with Crippen molar-refractivity contribution in [3.8, 4) is 5.75 Å². The zero-order valence-electron chi connectivity index (χ0n) is 22.2. The molecule has 0 aliphatic carbocycles. The number of rotatable bonds is 8. The fraction of sp³-hybridized carbons (Fsp3) is 0.300. The molecule has 4 aromatic rings. The number of benzene rings is 3. The van der Waals surface area contributed by atoms with E-state index in [9.17, 15) is 4.79 Å². The highest BCUT2D eigenvalue weighted by Crippen LogP contribution is 2.40. The Balaban J connectivity index is 1.05. The Hall–Kier alpha value is -3.63. The van der Waals surface area contributed by atoms with Gasteiger partial charge in [-0.05, 0) is 48.5 Å². The second-order valence-electron chi connectivity index (χ2n) is 9.97. The predicted molar refractivity (Wildman–Crippen MR) is 155 cm³/mol. The van der Waals surface area contributed by atoms with Gasteiger partial charge in [0.15, 0.2) is 0 Å². The quantitative estimate of drug-likeness (QED) is 0.287. The Morgan fingerprint density at radius 2 is 1.78 bits per heavy atom. The molecule has 2 saturated heterocycles. The molecule has 0 spiro atoms. The lowest BCUT2D eigenvalue weighted by Crippen LogP contribution is -2.48. The molecule has 3 aromatic carbocycles. The SMILES string of the molecule is O=C(c1ccccc1)N1CCN(c2ccc(OC[C@@H]3CO[C@@](Cn4cncn4)(c4ccc(Cl)cc4Cl)O3)cc2)CC1. The normalized spacial score (nSPS) is 20.8. The molecule has 2 aliphatic heterocycles. The number of hydrogen-bond donors (Lipinski definition) is 0. The van der Waals surface area contributed by atoms with E-state index in [0.717, 1.165) is 30.1 Å². The van der Waals surface area contributed by atoms with Gasteiger partial charge in [-0.25, -0.2) is 9.67 Å². The molecule has 1 amide bonds. The lowest BCUT2D eigenvalue weighted by atomic mass is 10.1. The van der Waals surface area contributed by atoms with Crippen LogP contribution in [-0.2, 0) is 21.8 Å². The van der Waals surface area contributed by atoms with Crippen molar-refractivity contribution >= 4 is 34.8 Å². The first-order valence-corrected chi connectivity index (χ1v) is 14.2. The minimum Gasteiger partial charge on any atom is -0.491 e. The van der Waals surface area contributed by atoms with Gasteiger partial charge in [0.25, 0.3) is 5.91 Å². The average molecular weight is 594 g/mol. The van der Waals surface area contributed by atoms with Crippen molar-refractivity contribution in [2.75, 3.05) is 44.3 Å². The molecule has 3 heterocycles. The summed E-state index contributed by atoms with van der Waals surface area (Å²) >= 11 is 12.7. The summed E-state index contributed by atoms with van der Waals surface area (Å²) in [6.45, 7) is 3.78. The summed E-state index contributed by atoms with van der Waals surface area (Å²) in [5, 5.41) is 5.18. The largest absolute Gasteiger partial charge is 0.491 e. The van der Waals surface area contributed by atoms with E-state index >= 15 is 0 Å². The van der Waals surface area contributed by atoms with Crippen LogP contribution in [0.3, 0.4) is 0 Å².